The van der Waals surface area contributed by atoms with E-state index in [-0.39, 0.29) is 0 Å². The molecule has 0 heterocycles. The topological polar surface area (TPSA) is 35.2 Å². The first-order chi connectivity index (χ1) is 5.70. The molecule has 0 saturated carbocycles. The largest absolute Gasteiger partial charge is 0.495 e. The van der Waals surface area contributed by atoms with Gasteiger partial charge in [0.15, 0.2) is 0 Å². The molecule has 0 radical (unpaired) electrons. The number of rotatable bonds is 2. The molecule has 66 valence electrons. The lowest BCUT2D eigenvalue weighted by molar-refractivity contribution is 0.415. The lowest BCUT2D eigenvalue weighted by Crippen LogP contribution is -1.98. The predicted octanol–water partition coefficient (Wildman–Crippen LogP) is 2.46. The Hall–Kier alpha value is -0.440. The molecule has 0 atom stereocenters. The monoisotopic (exact) mass is 205 g/mol. The van der Waals surface area contributed by atoms with Crippen molar-refractivity contribution < 1.29 is 4.74 Å². The van der Waals surface area contributed by atoms with E-state index in [2.05, 4.69) is 0 Å². The van der Waals surface area contributed by atoms with Crippen LogP contribution in [-0.2, 0) is 6.54 Å². The third-order valence-corrected chi connectivity index (χ3v) is 2.47. The molecule has 1 aromatic rings. The zero-order valence-electron chi connectivity index (χ0n) is 6.60. The third-order valence-electron chi connectivity index (χ3n) is 1.57. The Morgan fingerprint density at radius 3 is 2.50 bits per heavy atom. The van der Waals surface area contributed by atoms with E-state index in [1.807, 2.05) is 0 Å². The summed E-state index contributed by atoms with van der Waals surface area (Å²) < 4.78 is 4.97. The van der Waals surface area contributed by atoms with E-state index in [1.165, 1.54) is 0 Å². The summed E-state index contributed by atoms with van der Waals surface area (Å²) in [5.41, 5.74) is 6.25. The summed E-state index contributed by atoms with van der Waals surface area (Å²) >= 11 is 11.8. The zero-order valence-corrected chi connectivity index (χ0v) is 8.12. The Balaban J connectivity index is 3.20. The number of hydrogen-bond acceptors (Lipinski definition) is 2. The van der Waals surface area contributed by atoms with Crippen molar-refractivity contribution in [3.63, 3.8) is 0 Å². The average molecular weight is 206 g/mol. The van der Waals surface area contributed by atoms with Crippen LogP contribution in [0.4, 0.5) is 0 Å². The SMILES string of the molecule is COc1ccc(CN)c(Cl)c1Cl. The molecule has 0 saturated heterocycles. The first-order valence-corrected chi connectivity index (χ1v) is 4.17. The van der Waals surface area contributed by atoms with Gasteiger partial charge in [0.1, 0.15) is 10.8 Å². The Labute approximate surface area is 81.2 Å². The van der Waals surface area contributed by atoms with E-state index < -0.39 is 0 Å². The number of hydrogen-bond donors (Lipinski definition) is 1. The van der Waals surface area contributed by atoms with Crippen LogP contribution >= 0.6 is 23.2 Å². The van der Waals surface area contributed by atoms with Crippen LogP contribution in [0, 0.1) is 0 Å². The van der Waals surface area contributed by atoms with E-state index in [9.17, 15) is 0 Å². The minimum absolute atomic E-state index is 0.378. The molecule has 12 heavy (non-hydrogen) atoms. The molecule has 1 aromatic carbocycles. The normalized spacial score (nSPS) is 10.0. The highest BCUT2D eigenvalue weighted by Crippen LogP contribution is 2.34. The van der Waals surface area contributed by atoms with Gasteiger partial charge in [-0.05, 0) is 11.6 Å². The van der Waals surface area contributed by atoms with E-state index in [0.717, 1.165) is 5.56 Å². The number of halogens is 2. The van der Waals surface area contributed by atoms with Crippen molar-refractivity contribution in [3.05, 3.63) is 27.7 Å². The highest BCUT2D eigenvalue weighted by molar-refractivity contribution is 6.43. The van der Waals surface area contributed by atoms with Crippen LogP contribution in [0.25, 0.3) is 0 Å². The summed E-state index contributed by atoms with van der Waals surface area (Å²) in [6.45, 7) is 0.378. The molecule has 2 N–H and O–H groups in total. The average Bonchev–Trinajstić information content (AvgIpc) is 2.10. The summed E-state index contributed by atoms with van der Waals surface area (Å²) in [6.07, 6.45) is 0. The summed E-state index contributed by atoms with van der Waals surface area (Å²) in [6, 6.07) is 3.55. The second kappa shape index (κ2) is 3.99. The first-order valence-electron chi connectivity index (χ1n) is 3.41. The van der Waals surface area contributed by atoms with Gasteiger partial charge in [-0.2, -0.15) is 0 Å². The van der Waals surface area contributed by atoms with Crippen molar-refractivity contribution >= 4 is 23.2 Å². The number of ether oxygens (including phenoxy) is 1. The Morgan fingerprint density at radius 2 is 2.00 bits per heavy atom. The maximum absolute atomic E-state index is 5.89. The highest BCUT2D eigenvalue weighted by Gasteiger charge is 2.08. The van der Waals surface area contributed by atoms with Gasteiger partial charge in [-0.1, -0.05) is 29.3 Å². The van der Waals surface area contributed by atoms with Crippen LogP contribution in [0.5, 0.6) is 5.75 Å². The van der Waals surface area contributed by atoms with Gasteiger partial charge in [-0.3, -0.25) is 0 Å². The third kappa shape index (κ3) is 1.66. The standard InChI is InChI=1S/C8H9Cl2NO/c1-12-6-3-2-5(4-11)7(9)8(6)10/h2-3H,4,11H2,1H3. The van der Waals surface area contributed by atoms with Gasteiger partial charge in [0.05, 0.1) is 12.1 Å². The summed E-state index contributed by atoms with van der Waals surface area (Å²) in [5, 5.41) is 0.889. The lowest BCUT2D eigenvalue weighted by Gasteiger charge is -2.07. The Bertz CT molecular complexity index is 260. The van der Waals surface area contributed by atoms with Gasteiger partial charge < -0.3 is 10.5 Å². The van der Waals surface area contributed by atoms with Crippen LogP contribution in [0.3, 0.4) is 0 Å². The predicted molar refractivity (Wildman–Crippen MR) is 50.9 cm³/mol. The maximum Gasteiger partial charge on any atom is 0.138 e. The molecule has 0 unspecified atom stereocenters. The molecule has 0 aliphatic rings. The fourth-order valence-corrected chi connectivity index (χ4v) is 1.38. The zero-order chi connectivity index (χ0) is 9.14. The van der Waals surface area contributed by atoms with Crippen molar-refractivity contribution in [2.45, 2.75) is 6.54 Å². The second-order valence-electron chi connectivity index (χ2n) is 2.26. The first kappa shape index (κ1) is 9.65. The van der Waals surface area contributed by atoms with Gasteiger partial charge in [-0.25, -0.2) is 0 Å². The fourth-order valence-electron chi connectivity index (χ4n) is 0.887. The molecular weight excluding hydrogens is 197 g/mol. The molecule has 0 spiro atoms. The van der Waals surface area contributed by atoms with E-state index in [0.29, 0.717) is 22.3 Å². The van der Waals surface area contributed by atoms with Gasteiger partial charge in [0, 0.05) is 6.54 Å². The Kier molecular flexibility index (Phi) is 3.20. The molecule has 4 heteroatoms. The molecule has 1 rings (SSSR count). The smallest absolute Gasteiger partial charge is 0.138 e. The number of nitrogens with two attached hydrogens (primary N) is 1. The highest BCUT2D eigenvalue weighted by atomic mass is 35.5. The molecule has 2 nitrogen and oxygen atoms in total. The van der Waals surface area contributed by atoms with Crippen LogP contribution in [0.1, 0.15) is 5.56 Å². The van der Waals surface area contributed by atoms with E-state index in [4.69, 9.17) is 33.7 Å². The molecular formula is C8H9Cl2NO. The molecule has 0 fully saturated rings. The van der Waals surface area contributed by atoms with Crippen LogP contribution in [-0.4, -0.2) is 7.11 Å². The van der Waals surface area contributed by atoms with Gasteiger partial charge in [-0.15, -0.1) is 0 Å². The minimum Gasteiger partial charge on any atom is -0.495 e. The van der Waals surface area contributed by atoms with Gasteiger partial charge in [0.25, 0.3) is 0 Å². The summed E-state index contributed by atoms with van der Waals surface area (Å²) in [4.78, 5) is 0. The van der Waals surface area contributed by atoms with Crippen LogP contribution in [0.15, 0.2) is 12.1 Å². The van der Waals surface area contributed by atoms with Crippen molar-refractivity contribution in [2.75, 3.05) is 7.11 Å². The quantitative estimate of drug-likeness (QED) is 0.806. The summed E-state index contributed by atoms with van der Waals surface area (Å²) in [5.74, 6) is 0.568. The lowest BCUT2D eigenvalue weighted by atomic mass is 10.2. The molecule has 0 amide bonds. The van der Waals surface area contributed by atoms with Crippen molar-refractivity contribution in [3.8, 4) is 5.75 Å². The minimum atomic E-state index is 0.378. The van der Waals surface area contributed by atoms with Gasteiger partial charge in [0.2, 0.25) is 0 Å². The second-order valence-corrected chi connectivity index (χ2v) is 3.01. The van der Waals surface area contributed by atoms with Crippen molar-refractivity contribution in [2.24, 2.45) is 5.73 Å². The van der Waals surface area contributed by atoms with E-state index in [1.54, 1.807) is 19.2 Å². The molecule has 0 aliphatic carbocycles. The number of benzene rings is 1. The van der Waals surface area contributed by atoms with E-state index >= 15 is 0 Å². The van der Waals surface area contributed by atoms with Crippen molar-refractivity contribution in [1.82, 2.24) is 0 Å². The van der Waals surface area contributed by atoms with Crippen LogP contribution in [0.2, 0.25) is 10.0 Å². The van der Waals surface area contributed by atoms with Crippen molar-refractivity contribution in [1.29, 1.82) is 0 Å². The Morgan fingerprint density at radius 1 is 1.33 bits per heavy atom. The maximum atomic E-state index is 5.89. The fraction of sp³-hybridized carbons (Fsp3) is 0.250. The summed E-state index contributed by atoms with van der Waals surface area (Å²) in [7, 11) is 1.54. The van der Waals surface area contributed by atoms with Gasteiger partial charge >= 0.3 is 0 Å². The molecule has 0 aromatic heterocycles. The number of methoxy groups -OCH3 is 1. The van der Waals surface area contributed by atoms with Crippen LogP contribution < -0.4 is 10.5 Å². The molecule has 0 aliphatic heterocycles. The molecule has 0 bridgehead atoms.